The van der Waals surface area contributed by atoms with Crippen molar-refractivity contribution < 1.29 is 4.79 Å². The average Bonchev–Trinajstić information content (AvgIpc) is 2.70. The van der Waals surface area contributed by atoms with Gasteiger partial charge in [-0.2, -0.15) is 0 Å². The van der Waals surface area contributed by atoms with Crippen molar-refractivity contribution in [2.75, 3.05) is 0 Å². The Hall–Kier alpha value is -1.35. The standard InChI is InChI=1S/C18H28N2O/c1-13(18(3,4)5)20-14(2)19-16(17(20)21)12-11-15-9-7-6-8-10-15/h6-10,13-14,16,19H,11-12H2,1-5H3. The Morgan fingerprint density at radius 2 is 1.86 bits per heavy atom. The average molecular weight is 288 g/mol. The van der Waals surface area contributed by atoms with E-state index in [0.717, 1.165) is 12.8 Å². The number of rotatable bonds is 4. The Balaban J connectivity index is 2.00. The molecule has 1 saturated heterocycles. The lowest BCUT2D eigenvalue weighted by atomic mass is 9.86. The van der Waals surface area contributed by atoms with E-state index in [2.05, 4.69) is 64.2 Å². The minimum absolute atomic E-state index is 0.0509. The number of nitrogens with one attached hydrogen (secondary N) is 1. The first-order valence-corrected chi connectivity index (χ1v) is 7.93. The normalized spacial score (nSPS) is 24.4. The molecule has 1 fully saturated rings. The molecule has 1 aliphatic rings. The summed E-state index contributed by atoms with van der Waals surface area (Å²) >= 11 is 0. The van der Waals surface area contributed by atoms with Gasteiger partial charge in [0.25, 0.3) is 0 Å². The van der Waals surface area contributed by atoms with E-state index in [1.165, 1.54) is 5.56 Å². The van der Waals surface area contributed by atoms with Gasteiger partial charge in [-0.15, -0.1) is 0 Å². The highest BCUT2D eigenvalue weighted by Gasteiger charge is 2.41. The van der Waals surface area contributed by atoms with Gasteiger partial charge in [-0.3, -0.25) is 10.1 Å². The smallest absolute Gasteiger partial charge is 0.241 e. The van der Waals surface area contributed by atoms with Crippen LogP contribution >= 0.6 is 0 Å². The van der Waals surface area contributed by atoms with Gasteiger partial charge in [-0.1, -0.05) is 51.1 Å². The molecule has 0 saturated carbocycles. The predicted molar refractivity (Wildman–Crippen MR) is 86.9 cm³/mol. The first kappa shape index (κ1) is 16.0. The molecule has 1 aromatic rings. The summed E-state index contributed by atoms with van der Waals surface area (Å²) in [5.74, 6) is 0.251. The van der Waals surface area contributed by atoms with Crippen molar-refractivity contribution in [3.63, 3.8) is 0 Å². The molecule has 3 atom stereocenters. The molecule has 1 aliphatic heterocycles. The van der Waals surface area contributed by atoms with Gasteiger partial charge in [0, 0.05) is 6.04 Å². The summed E-state index contributed by atoms with van der Waals surface area (Å²) in [6.07, 6.45) is 1.92. The first-order chi connectivity index (χ1) is 9.80. The Bertz CT molecular complexity index is 478. The maximum atomic E-state index is 12.7. The van der Waals surface area contributed by atoms with Crippen LogP contribution in [0.15, 0.2) is 30.3 Å². The van der Waals surface area contributed by atoms with E-state index in [0.29, 0.717) is 0 Å². The van der Waals surface area contributed by atoms with Gasteiger partial charge in [-0.25, -0.2) is 0 Å². The lowest BCUT2D eigenvalue weighted by Crippen LogP contribution is -2.47. The second kappa shape index (κ2) is 6.18. The zero-order valence-corrected chi connectivity index (χ0v) is 13.9. The number of nitrogens with zero attached hydrogens (tertiary/aromatic N) is 1. The van der Waals surface area contributed by atoms with E-state index >= 15 is 0 Å². The summed E-state index contributed by atoms with van der Waals surface area (Å²) in [4.78, 5) is 14.7. The lowest BCUT2D eigenvalue weighted by molar-refractivity contribution is -0.134. The van der Waals surface area contributed by atoms with E-state index in [1.54, 1.807) is 0 Å². The number of carbonyl (C=O) groups excluding carboxylic acids is 1. The number of benzene rings is 1. The summed E-state index contributed by atoms with van der Waals surface area (Å²) in [6, 6.07) is 10.6. The minimum Gasteiger partial charge on any atom is -0.323 e. The van der Waals surface area contributed by atoms with E-state index in [1.807, 2.05) is 11.0 Å². The molecule has 0 radical (unpaired) electrons. The third-order valence-electron chi connectivity index (χ3n) is 4.65. The van der Waals surface area contributed by atoms with Crippen LogP contribution in [-0.2, 0) is 11.2 Å². The number of carbonyl (C=O) groups is 1. The Kier molecular flexibility index (Phi) is 4.72. The van der Waals surface area contributed by atoms with Gasteiger partial charge >= 0.3 is 0 Å². The van der Waals surface area contributed by atoms with Crippen LogP contribution in [0.3, 0.4) is 0 Å². The van der Waals surface area contributed by atoms with Crippen molar-refractivity contribution in [2.45, 2.75) is 65.7 Å². The van der Waals surface area contributed by atoms with Crippen LogP contribution in [0.1, 0.15) is 46.6 Å². The van der Waals surface area contributed by atoms with Crippen molar-refractivity contribution in [3.8, 4) is 0 Å². The fourth-order valence-corrected chi connectivity index (χ4v) is 2.92. The third-order valence-corrected chi connectivity index (χ3v) is 4.65. The van der Waals surface area contributed by atoms with Gasteiger partial charge in [0.15, 0.2) is 0 Å². The van der Waals surface area contributed by atoms with Crippen molar-refractivity contribution >= 4 is 5.91 Å². The lowest BCUT2D eigenvalue weighted by Gasteiger charge is -2.37. The van der Waals surface area contributed by atoms with Gasteiger partial charge in [0.05, 0.1) is 12.2 Å². The highest BCUT2D eigenvalue weighted by molar-refractivity contribution is 5.84. The fourth-order valence-electron chi connectivity index (χ4n) is 2.92. The highest BCUT2D eigenvalue weighted by Crippen LogP contribution is 2.28. The van der Waals surface area contributed by atoms with E-state index in [4.69, 9.17) is 0 Å². The molecular weight excluding hydrogens is 260 g/mol. The Labute approximate surface area is 128 Å². The van der Waals surface area contributed by atoms with Crippen LogP contribution in [-0.4, -0.2) is 29.1 Å². The van der Waals surface area contributed by atoms with Crippen LogP contribution in [0.4, 0.5) is 0 Å². The van der Waals surface area contributed by atoms with Crippen LogP contribution in [0.25, 0.3) is 0 Å². The monoisotopic (exact) mass is 288 g/mol. The van der Waals surface area contributed by atoms with Crippen LogP contribution in [0.5, 0.6) is 0 Å². The Morgan fingerprint density at radius 3 is 2.43 bits per heavy atom. The maximum Gasteiger partial charge on any atom is 0.241 e. The minimum atomic E-state index is -0.0509. The second-order valence-electron chi connectivity index (χ2n) is 7.21. The number of hydrogen-bond donors (Lipinski definition) is 1. The van der Waals surface area contributed by atoms with E-state index in [-0.39, 0.29) is 29.6 Å². The Morgan fingerprint density at radius 1 is 1.24 bits per heavy atom. The van der Waals surface area contributed by atoms with Crippen molar-refractivity contribution in [2.24, 2.45) is 5.41 Å². The molecule has 1 N–H and O–H groups in total. The van der Waals surface area contributed by atoms with Crippen molar-refractivity contribution in [1.82, 2.24) is 10.2 Å². The largest absolute Gasteiger partial charge is 0.323 e. The van der Waals surface area contributed by atoms with Gasteiger partial charge in [0.2, 0.25) is 5.91 Å². The highest BCUT2D eigenvalue weighted by atomic mass is 16.2. The third kappa shape index (κ3) is 3.65. The summed E-state index contributed by atoms with van der Waals surface area (Å²) in [7, 11) is 0. The molecule has 1 amide bonds. The molecule has 1 heterocycles. The molecule has 3 heteroatoms. The molecule has 3 nitrogen and oxygen atoms in total. The molecular formula is C18H28N2O. The molecule has 1 aromatic carbocycles. The summed E-state index contributed by atoms with van der Waals surface area (Å²) < 4.78 is 0. The van der Waals surface area contributed by atoms with Crippen LogP contribution < -0.4 is 5.32 Å². The van der Waals surface area contributed by atoms with Crippen molar-refractivity contribution in [1.29, 1.82) is 0 Å². The molecule has 0 bridgehead atoms. The van der Waals surface area contributed by atoms with E-state index in [9.17, 15) is 4.79 Å². The maximum absolute atomic E-state index is 12.7. The van der Waals surface area contributed by atoms with Crippen LogP contribution in [0.2, 0.25) is 0 Å². The topological polar surface area (TPSA) is 32.3 Å². The van der Waals surface area contributed by atoms with Gasteiger partial charge in [-0.05, 0) is 37.7 Å². The molecule has 0 spiro atoms. The summed E-state index contributed by atoms with van der Waals surface area (Å²) in [5, 5.41) is 3.45. The fraction of sp³-hybridized carbons (Fsp3) is 0.611. The second-order valence-corrected chi connectivity index (χ2v) is 7.21. The molecule has 0 aromatic heterocycles. The van der Waals surface area contributed by atoms with Crippen molar-refractivity contribution in [3.05, 3.63) is 35.9 Å². The van der Waals surface area contributed by atoms with Crippen LogP contribution in [0, 0.1) is 5.41 Å². The van der Waals surface area contributed by atoms with Gasteiger partial charge in [0.1, 0.15) is 0 Å². The number of aryl methyl sites for hydroxylation is 1. The number of hydrogen-bond acceptors (Lipinski definition) is 2. The first-order valence-electron chi connectivity index (χ1n) is 7.93. The van der Waals surface area contributed by atoms with E-state index < -0.39 is 0 Å². The molecule has 21 heavy (non-hydrogen) atoms. The molecule has 116 valence electrons. The number of amides is 1. The summed E-state index contributed by atoms with van der Waals surface area (Å²) in [5.41, 5.74) is 1.39. The molecule has 2 rings (SSSR count). The quantitative estimate of drug-likeness (QED) is 0.923. The predicted octanol–water partition coefficient (Wildman–Crippen LogP) is 3.20. The zero-order valence-electron chi connectivity index (χ0n) is 13.9. The zero-order chi connectivity index (χ0) is 15.6. The van der Waals surface area contributed by atoms with Gasteiger partial charge < -0.3 is 4.90 Å². The summed E-state index contributed by atoms with van der Waals surface area (Å²) in [6.45, 7) is 10.8. The molecule has 0 aliphatic carbocycles. The molecule has 3 unspecified atom stereocenters. The SMILES string of the molecule is CC1NC(CCc2ccccc2)C(=O)N1C(C)C(C)(C)C.